The van der Waals surface area contributed by atoms with Crippen molar-refractivity contribution < 1.29 is 13.6 Å². The Hall–Kier alpha value is -0.970. The Balaban J connectivity index is 2.64. The molecule has 0 spiro atoms. The van der Waals surface area contributed by atoms with Gasteiger partial charge >= 0.3 is 0 Å². The van der Waals surface area contributed by atoms with E-state index in [-0.39, 0.29) is 23.9 Å². The maximum absolute atomic E-state index is 13.4. The highest BCUT2D eigenvalue weighted by Crippen LogP contribution is 2.13. The van der Waals surface area contributed by atoms with E-state index in [1.807, 2.05) is 6.92 Å². The minimum Gasteiger partial charge on any atom is -0.353 e. The molecule has 5 heteroatoms. The zero-order valence-electron chi connectivity index (χ0n) is 10.2. The fourth-order valence-corrected chi connectivity index (χ4v) is 2.20. The fourth-order valence-electron chi connectivity index (χ4n) is 1.65. The summed E-state index contributed by atoms with van der Waals surface area (Å²) < 4.78 is 26.7. The summed E-state index contributed by atoms with van der Waals surface area (Å²) in [7, 11) is 0. The standard InChI is InChI=1S/C13H16BrF2NO/c1-2-9(6-7-14)17-13(18)8-10-11(15)4-3-5-12(10)16/h3-5,9H,2,6-8H2,1H3,(H,17,18). The SMILES string of the molecule is CCC(CCBr)NC(=O)Cc1c(F)cccc1F. The van der Waals surface area contributed by atoms with Crippen molar-refractivity contribution in [2.45, 2.75) is 32.2 Å². The maximum Gasteiger partial charge on any atom is 0.224 e. The van der Waals surface area contributed by atoms with E-state index in [1.165, 1.54) is 6.07 Å². The summed E-state index contributed by atoms with van der Waals surface area (Å²) in [5.74, 6) is -1.72. The van der Waals surface area contributed by atoms with Crippen molar-refractivity contribution >= 4 is 21.8 Å². The van der Waals surface area contributed by atoms with Crippen LogP contribution in [0.2, 0.25) is 0 Å². The fraction of sp³-hybridized carbons (Fsp3) is 0.462. The van der Waals surface area contributed by atoms with E-state index in [0.29, 0.717) is 0 Å². The quantitative estimate of drug-likeness (QED) is 0.802. The summed E-state index contributed by atoms with van der Waals surface area (Å²) in [5, 5.41) is 3.55. The zero-order valence-corrected chi connectivity index (χ0v) is 11.8. The second-order valence-corrected chi connectivity index (χ2v) is 4.82. The van der Waals surface area contributed by atoms with E-state index in [0.717, 1.165) is 30.3 Å². The van der Waals surface area contributed by atoms with Crippen molar-refractivity contribution in [1.29, 1.82) is 0 Å². The van der Waals surface area contributed by atoms with E-state index in [9.17, 15) is 13.6 Å². The number of carbonyl (C=O) groups is 1. The van der Waals surface area contributed by atoms with Crippen LogP contribution in [0.5, 0.6) is 0 Å². The Labute approximate surface area is 114 Å². The van der Waals surface area contributed by atoms with Gasteiger partial charge in [0.15, 0.2) is 0 Å². The van der Waals surface area contributed by atoms with Crippen molar-refractivity contribution in [2.24, 2.45) is 0 Å². The number of hydrogen-bond donors (Lipinski definition) is 1. The lowest BCUT2D eigenvalue weighted by molar-refractivity contribution is -0.121. The molecule has 0 fully saturated rings. The van der Waals surface area contributed by atoms with Crippen LogP contribution in [-0.4, -0.2) is 17.3 Å². The second kappa shape index (κ2) is 7.46. The van der Waals surface area contributed by atoms with Crippen LogP contribution in [-0.2, 0) is 11.2 Å². The van der Waals surface area contributed by atoms with Gasteiger partial charge in [0.05, 0.1) is 6.42 Å². The van der Waals surface area contributed by atoms with Gasteiger partial charge in [-0.25, -0.2) is 8.78 Å². The largest absolute Gasteiger partial charge is 0.353 e. The third-order valence-corrected chi connectivity index (χ3v) is 3.17. The highest BCUT2D eigenvalue weighted by atomic mass is 79.9. The van der Waals surface area contributed by atoms with Gasteiger partial charge in [0.25, 0.3) is 0 Å². The minimum absolute atomic E-state index is 0.0340. The third kappa shape index (κ3) is 4.37. The number of nitrogens with one attached hydrogen (secondary N) is 1. The Morgan fingerprint density at radius 3 is 2.50 bits per heavy atom. The molecule has 18 heavy (non-hydrogen) atoms. The molecule has 0 radical (unpaired) electrons. The molecule has 0 saturated heterocycles. The average Bonchev–Trinajstić information content (AvgIpc) is 2.33. The van der Waals surface area contributed by atoms with Crippen molar-refractivity contribution in [3.63, 3.8) is 0 Å². The van der Waals surface area contributed by atoms with E-state index in [4.69, 9.17) is 0 Å². The molecule has 0 aliphatic carbocycles. The summed E-state index contributed by atoms with van der Waals surface area (Å²) in [5.41, 5.74) is -0.177. The molecule has 0 bridgehead atoms. The Morgan fingerprint density at radius 2 is 2.00 bits per heavy atom. The molecule has 1 aromatic carbocycles. The predicted molar refractivity (Wildman–Crippen MR) is 70.7 cm³/mol. The van der Waals surface area contributed by atoms with Crippen molar-refractivity contribution in [1.82, 2.24) is 5.32 Å². The van der Waals surface area contributed by atoms with Crippen LogP contribution in [0.4, 0.5) is 8.78 Å². The van der Waals surface area contributed by atoms with Crippen LogP contribution in [0.1, 0.15) is 25.3 Å². The van der Waals surface area contributed by atoms with Gasteiger partial charge in [0, 0.05) is 16.9 Å². The van der Waals surface area contributed by atoms with Gasteiger partial charge in [-0.05, 0) is 25.0 Å². The zero-order chi connectivity index (χ0) is 13.5. The van der Waals surface area contributed by atoms with Crippen LogP contribution in [0.15, 0.2) is 18.2 Å². The molecule has 0 aliphatic heterocycles. The van der Waals surface area contributed by atoms with Crippen LogP contribution in [0.25, 0.3) is 0 Å². The van der Waals surface area contributed by atoms with Gasteiger partial charge in [-0.15, -0.1) is 0 Å². The lowest BCUT2D eigenvalue weighted by Gasteiger charge is -2.15. The first-order valence-corrected chi connectivity index (χ1v) is 6.98. The van der Waals surface area contributed by atoms with Crippen LogP contribution < -0.4 is 5.32 Å². The molecular weight excluding hydrogens is 304 g/mol. The predicted octanol–water partition coefficient (Wildman–Crippen LogP) is 3.19. The highest BCUT2D eigenvalue weighted by molar-refractivity contribution is 9.09. The summed E-state index contributed by atoms with van der Waals surface area (Å²) in [4.78, 5) is 11.7. The number of halogens is 3. The van der Waals surface area contributed by atoms with Crippen LogP contribution in [0, 0.1) is 11.6 Å². The molecule has 1 amide bonds. The molecule has 0 aromatic heterocycles. The first kappa shape index (κ1) is 15.1. The maximum atomic E-state index is 13.4. The summed E-state index contributed by atoms with van der Waals surface area (Å²) in [6.07, 6.45) is 1.32. The first-order valence-electron chi connectivity index (χ1n) is 5.86. The van der Waals surface area contributed by atoms with Gasteiger partial charge in [-0.2, -0.15) is 0 Å². The van der Waals surface area contributed by atoms with E-state index in [1.54, 1.807) is 0 Å². The molecule has 1 rings (SSSR count). The topological polar surface area (TPSA) is 29.1 Å². The smallest absolute Gasteiger partial charge is 0.224 e. The minimum atomic E-state index is -0.682. The Bertz CT molecular complexity index is 392. The lowest BCUT2D eigenvalue weighted by atomic mass is 10.1. The third-order valence-electron chi connectivity index (χ3n) is 2.71. The first-order chi connectivity index (χ1) is 8.58. The molecule has 0 aliphatic rings. The van der Waals surface area contributed by atoms with Gasteiger partial charge < -0.3 is 5.32 Å². The van der Waals surface area contributed by atoms with E-state index < -0.39 is 11.6 Å². The molecule has 1 aromatic rings. The molecule has 100 valence electrons. The summed E-state index contributed by atoms with van der Waals surface area (Å²) in [6.45, 7) is 1.96. The number of rotatable bonds is 6. The van der Waals surface area contributed by atoms with Gasteiger partial charge in [-0.3, -0.25) is 4.79 Å². The highest BCUT2D eigenvalue weighted by Gasteiger charge is 2.15. The van der Waals surface area contributed by atoms with E-state index >= 15 is 0 Å². The molecule has 0 saturated carbocycles. The van der Waals surface area contributed by atoms with Crippen molar-refractivity contribution in [3.05, 3.63) is 35.4 Å². The Morgan fingerprint density at radius 1 is 1.39 bits per heavy atom. The summed E-state index contributed by atoms with van der Waals surface area (Å²) >= 11 is 3.30. The molecule has 1 unspecified atom stereocenters. The van der Waals surface area contributed by atoms with Gasteiger partial charge in [0.1, 0.15) is 11.6 Å². The molecule has 0 heterocycles. The molecular formula is C13H16BrF2NO. The van der Waals surface area contributed by atoms with Gasteiger partial charge in [0.2, 0.25) is 5.91 Å². The number of alkyl halides is 1. The molecule has 1 atom stereocenters. The number of carbonyl (C=O) groups excluding carboxylic acids is 1. The van der Waals surface area contributed by atoms with Crippen LogP contribution in [0.3, 0.4) is 0 Å². The number of benzene rings is 1. The normalized spacial score (nSPS) is 12.2. The molecule has 1 N–H and O–H groups in total. The van der Waals surface area contributed by atoms with Gasteiger partial charge in [-0.1, -0.05) is 28.9 Å². The number of hydrogen-bond acceptors (Lipinski definition) is 1. The monoisotopic (exact) mass is 319 g/mol. The number of amides is 1. The van der Waals surface area contributed by atoms with E-state index in [2.05, 4.69) is 21.2 Å². The van der Waals surface area contributed by atoms with Crippen molar-refractivity contribution in [2.75, 3.05) is 5.33 Å². The second-order valence-electron chi connectivity index (χ2n) is 4.03. The summed E-state index contributed by atoms with van der Waals surface area (Å²) in [6, 6.07) is 3.63. The molecule has 2 nitrogen and oxygen atoms in total. The Kier molecular flexibility index (Phi) is 6.25. The van der Waals surface area contributed by atoms with Crippen LogP contribution >= 0.6 is 15.9 Å². The van der Waals surface area contributed by atoms with Crippen molar-refractivity contribution in [3.8, 4) is 0 Å². The lowest BCUT2D eigenvalue weighted by Crippen LogP contribution is -2.36. The average molecular weight is 320 g/mol.